The van der Waals surface area contributed by atoms with Gasteiger partial charge in [-0.25, -0.2) is 0 Å². The molecule has 0 fully saturated rings. The van der Waals surface area contributed by atoms with Gasteiger partial charge < -0.3 is 10.7 Å². The fourth-order valence-electron chi connectivity index (χ4n) is 2.96. The standard InChI is InChI=1S/C22H18N4/c1-24-22(18-11-16-7-3-5-9-21(16)26-14-18)12-19(23)17-10-15-6-2-4-8-20(15)25-13-17/h2-14,23-24H,1H3/b22-12-,23-19?. The van der Waals surface area contributed by atoms with Crippen molar-refractivity contribution in [2.75, 3.05) is 7.05 Å². The van der Waals surface area contributed by atoms with Crippen molar-refractivity contribution >= 4 is 33.2 Å². The van der Waals surface area contributed by atoms with Crippen molar-refractivity contribution in [2.45, 2.75) is 0 Å². The molecule has 26 heavy (non-hydrogen) atoms. The summed E-state index contributed by atoms with van der Waals surface area (Å²) in [6.45, 7) is 0. The van der Waals surface area contributed by atoms with Crippen LogP contribution in [0.4, 0.5) is 0 Å². The average Bonchev–Trinajstić information content (AvgIpc) is 2.71. The smallest absolute Gasteiger partial charge is 0.0702 e. The summed E-state index contributed by atoms with van der Waals surface area (Å²) in [7, 11) is 1.85. The number of hydrogen-bond donors (Lipinski definition) is 2. The van der Waals surface area contributed by atoms with Crippen molar-refractivity contribution in [3.8, 4) is 0 Å². The average molecular weight is 338 g/mol. The highest BCUT2D eigenvalue weighted by molar-refractivity contribution is 6.11. The van der Waals surface area contributed by atoms with Gasteiger partial charge in [0.15, 0.2) is 0 Å². The molecule has 0 bridgehead atoms. The third kappa shape index (κ3) is 3.05. The number of nitrogens with zero attached hydrogens (tertiary/aromatic N) is 2. The number of hydrogen-bond acceptors (Lipinski definition) is 4. The van der Waals surface area contributed by atoms with E-state index in [1.165, 1.54) is 0 Å². The van der Waals surface area contributed by atoms with Gasteiger partial charge in [-0.05, 0) is 30.3 Å². The van der Waals surface area contributed by atoms with E-state index >= 15 is 0 Å². The van der Waals surface area contributed by atoms with E-state index in [2.05, 4.69) is 21.4 Å². The summed E-state index contributed by atoms with van der Waals surface area (Å²) in [5.74, 6) is 0. The summed E-state index contributed by atoms with van der Waals surface area (Å²) in [5.41, 5.74) is 4.87. The van der Waals surface area contributed by atoms with Crippen molar-refractivity contribution in [3.63, 3.8) is 0 Å². The van der Waals surface area contributed by atoms with E-state index in [-0.39, 0.29) is 0 Å². The van der Waals surface area contributed by atoms with Crippen LogP contribution in [0.15, 0.2) is 79.1 Å². The molecule has 0 amide bonds. The lowest BCUT2D eigenvalue weighted by molar-refractivity contribution is 1.12. The zero-order valence-electron chi connectivity index (χ0n) is 14.4. The molecule has 2 aromatic heterocycles. The molecule has 4 nitrogen and oxygen atoms in total. The summed E-state index contributed by atoms with van der Waals surface area (Å²) in [4.78, 5) is 8.95. The van der Waals surface area contributed by atoms with E-state index in [0.717, 1.165) is 38.6 Å². The lowest BCUT2D eigenvalue weighted by Crippen LogP contribution is -2.08. The van der Waals surface area contributed by atoms with Crippen LogP contribution in [0.3, 0.4) is 0 Å². The van der Waals surface area contributed by atoms with Crippen molar-refractivity contribution in [1.82, 2.24) is 15.3 Å². The summed E-state index contributed by atoms with van der Waals surface area (Å²) < 4.78 is 0. The molecule has 4 rings (SSSR count). The van der Waals surface area contributed by atoms with Crippen LogP contribution in [-0.4, -0.2) is 22.7 Å². The van der Waals surface area contributed by atoms with Gasteiger partial charge in [0.25, 0.3) is 0 Å². The highest BCUT2D eigenvalue weighted by Crippen LogP contribution is 2.19. The fraction of sp³-hybridized carbons (Fsp3) is 0.0455. The predicted molar refractivity (Wildman–Crippen MR) is 107 cm³/mol. The maximum Gasteiger partial charge on any atom is 0.0702 e. The molecule has 0 spiro atoms. The van der Waals surface area contributed by atoms with E-state index < -0.39 is 0 Å². The number of nitrogens with one attached hydrogen (secondary N) is 2. The fourth-order valence-corrected chi connectivity index (χ4v) is 2.96. The lowest BCUT2D eigenvalue weighted by Gasteiger charge is -2.09. The predicted octanol–water partition coefficient (Wildman–Crippen LogP) is 4.41. The summed E-state index contributed by atoms with van der Waals surface area (Å²) in [5, 5.41) is 13.8. The molecule has 0 atom stereocenters. The zero-order valence-corrected chi connectivity index (χ0v) is 14.4. The topological polar surface area (TPSA) is 61.7 Å². The first-order valence-electron chi connectivity index (χ1n) is 8.43. The first-order chi connectivity index (χ1) is 12.7. The molecule has 2 heterocycles. The third-order valence-electron chi connectivity index (χ3n) is 4.36. The van der Waals surface area contributed by atoms with Crippen LogP contribution in [0.1, 0.15) is 11.1 Å². The Labute approximate surface area is 151 Å². The molecule has 0 aliphatic heterocycles. The minimum atomic E-state index is 0.403. The molecule has 2 N–H and O–H groups in total. The lowest BCUT2D eigenvalue weighted by atomic mass is 10.1. The van der Waals surface area contributed by atoms with Gasteiger partial charge in [-0.15, -0.1) is 0 Å². The van der Waals surface area contributed by atoms with Gasteiger partial charge in [0.1, 0.15) is 0 Å². The summed E-state index contributed by atoms with van der Waals surface area (Å²) in [6, 6.07) is 20.0. The van der Waals surface area contributed by atoms with Crippen LogP contribution in [0.2, 0.25) is 0 Å². The van der Waals surface area contributed by atoms with Gasteiger partial charge in [-0.2, -0.15) is 0 Å². The number of rotatable bonds is 4. The van der Waals surface area contributed by atoms with E-state index in [9.17, 15) is 0 Å². The Morgan fingerprint density at radius 1 is 0.846 bits per heavy atom. The molecule has 4 heteroatoms. The molecule has 0 aliphatic rings. The molecular formula is C22H18N4. The van der Waals surface area contributed by atoms with Gasteiger partial charge >= 0.3 is 0 Å². The van der Waals surface area contributed by atoms with E-state index in [1.54, 1.807) is 6.20 Å². The molecular weight excluding hydrogens is 320 g/mol. The second kappa shape index (κ2) is 6.76. The molecule has 0 saturated heterocycles. The molecule has 126 valence electrons. The van der Waals surface area contributed by atoms with Crippen molar-refractivity contribution < 1.29 is 0 Å². The van der Waals surface area contributed by atoms with E-state index in [1.807, 2.05) is 73.9 Å². The third-order valence-corrected chi connectivity index (χ3v) is 4.36. The highest BCUT2D eigenvalue weighted by Gasteiger charge is 2.06. The number of benzene rings is 2. The van der Waals surface area contributed by atoms with E-state index in [4.69, 9.17) is 5.41 Å². The van der Waals surface area contributed by atoms with Crippen LogP contribution >= 0.6 is 0 Å². The Morgan fingerprint density at radius 3 is 2.00 bits per heavy atom. The molecule has 4 aromatic rings. The van der Waals surface area contributed by atoms with Crippen LogP contribution in [0, 0.1) is 5.41 Å². The molecule has 0 aliphatic carbocycles. The van der Waals surface area contributed by atoms with Crippen LogP contribution in [0.25, 0.3) is 27.5 Å². The number of allylic oxidation sites excluding steroid dienone is 1. The summed E-state index contributed by atoms with van der Waals surface area (Å²) >= 11 is 0. The SMILES string of the molecule is CN/C(=C\C(=N)c1cnc2ccccc2c1)c1cnc2ccccc2c1. The number of fused-ring (bicyclic) bond motifs is 2. The Kier molecular flexibility index (Phi) is 4.15. The maximum absolute atomic E-state index is 8.47. The maximum atomic E-state index is 8.47. The first-order valence-corrected chi connectivity index (χ1v) is 8.43. The Bertz CT molecular complexity index is 1140. The van der Waals surface area contributed by atoms with Crippen molar-refractivity contribution in [2.24, 2.45) is 0 Å². The number of aromatic nitrogens is 2. The van der Waals surface area contributed by atoms with Crippen LogP contribution in [0.5, 0.6) is 0 Å². The van der Waals surface area contributed by atoms with Gasteiger partial charge in [-0.3, -0.25) is 9.97 Å². The molecule has 0 radical (unpaired) electrons. The molecule has 2 aromatic carbocycles. The van der Waals surface area contributed by atoms with Gasteiger partial charge in [0.2, 0.25) is 0 Å². The Morgan fingerprint density at radius 2 is 1.38 bits per heavy atom. The normalized spacial score (nSPS) is 11.7. The number of para-hydroxylation sites is 2. The van der Waals surface area contributed by atoms with Crippen molar-refractivity contribution in [3.05, 3.63) is 90.3 Å². The Balaban J connectivity index is 1.71. The van der Waals surface area contributed by atoms with Crippen molar-refractivity contribution in [1.29, 1.82) is 5.41 Å². The first kappa shape index (κ1) is 16.0. The monoisotopic (exact) mass is 338 g/mol. The second-order valence-electron chi connectivity index (χ2n) is 6.06. The second-order valence-corrected chi connectivity index (χ2v) is 6.06. The minimum absolute atomic E-state index is 0.403. The highest BCUT2D eigenvalue weighted by atomic mass is 14.8. The number of pyridine rings is 2. The van der Waals surface area contributed by atoms with Crippen LogP contribution in [-0.2, 0) is 0 Å². The zero-order chi connectivity index (χ0) is 17.9. The van der Waals surface area contributed by atoms with Gasteiger partial charge in [-0.1, -0.05) is 36.4 Å². The molecule has 0 saturated carbocycles. The molecule has 0 unspecified atom stereocenters. The quantitative estimate of drug-likeness (QED) is 0.542. The Hall–Kier alpha value is -3.53. The van der Waals surface area contributed by atoms with Gasteiger partial charge in [0, 0.05) is 47.0 Å². The van der Waals surface area contributed by atoms with Crippen LogP contribution < -0.4 is 5.32 Å². The minimum Gasteiger partial charge on any atom is -0.388 e. The summed E-state index contributed by atoms with van der Waals surface area (Å²) in [6.07, 6.45) is 5.39. The largest absolute Gasteiger partial charge is 0.388 e. The van der Waals surface area contributed by atoms with Gasteiger partial charge in [0.05, 0.1) is 16.7 Å². The van der Waals surface area contributed by atoms with E-state index in [0.29, 0.717) is 5.71 Å².